The maximum Gasteiger partial charge on any atom is 0.0550 e. The predicted molar refractivity (Wildman–Crippen MR) is 80.1 cm³/mol. The van der Waals surface area contributed by atoms with Crippen LogP contribution in [-0.4, -0.2) is 16.3 Å². The van der Waals surface area contributed by atoms with Crippen LogP contribution in [0.25, 0.3) is 0 Å². The van der Waals surface area contributed by atoms with Crippen LogP contribution in [0.5, 0.6) is 0 Å². The van der Waals surface area contributed by atoms with Gasteiger partial charge in [-0.25, -0.2) is 0 Å². The Morgan fingerprint density at radius 2 is 2.16 bits per heavy atom. The van der Waals surface area contributed by atoms with Crippen molar-refractivity contribution in [3.05, 3.63) is 18.0 Å². The van der Waals surface area contributed by atoms with Gasteiger partial charge in [-0.15, -0.1) is 0 Å². The van der Waals surface area contributed by atoms with Gasteiger partial charge in [-0.2, -0.15) is 5.10 Å². The molecule has 0 aliphatic heterocycles. The zero-order valence-electron chi connectivity index (χ0n) is 12.6. The Balaban J connectivity index is 1.88. The summed E-state index contributed by atoms with van der Waals surface area (Å²) < 4.78 is 2.02. The van der Waals surface area contributed by atoms with E-state index >= 15 is 0 Å². The van der Waals surface area contributed by atoms with Gasteiger partial charge < -0.3 is 5.32 Å². The van der Waals surface area contributed by atoms with Gasteiger partial charge in [0.15, 0.2) is 0 Å². The second-order valence-electron chi connectivity index (χ2n) is 5.97. The van der Waals surface area contributed by atoms with E-state index in [0.717, 1.165) is 12.5 Å². The molecule has 19 heavy (non-hydrogen) atoms. The number of nitrogens with one attached hydrogen (secondary N) is 1. The Labute approximate surface area is 117 Å². The van der Waals surface area contributed by atoms with E-state index in [4.69, 9.17) is 0 Å². The van der Waals surface area contributed by atoms with Crippen LogP contribution in [0.4, 0.5) is 0 Å². The quantitative estimate of drug-likeness (QED) is 0.810. The molecule has 108 valence electrons. The van der Waals surface area contributed by atoms with Crippen molar-refractivity contribution in [3.63, 3.8) is 0 Å². The fourth-order valence-electron chi connectivity index (χ4n) is 3.28. The number of rotatable bonds is 7. The van der Waals surface area contributed by atoms with Gasteiger partial charge in [0.1, 0.15) is 0 Å². The summed E-state index contributed by atoms with van der Waals surface area (Å²) in [5, 5.41) is 8.01. The number of nitrogens with zero attached hydrogens (tertiary/aromatic N) is 2. The summed E-state index contributed by atoms with van der Waals surface area (Å²) in [4.78, 5) is 0. The molecule has 3 nitrogen and oxygen atoms in total. The van der Waals surface area contributed by atoms with E-state index < -0.39 is 0 Å². The summed E-state index contributed by atoms with van der Waals surface area (Å²) in [5.74, 6) is 0.966. The number of hydrogen-bond donors (Lipinski definition) is 1. The van der Waals surface area contributed by atoms with Crippen LogP contribution in [0.3, 0.4) is 0 Å². The molecule has 3 heteroatoms. The summed E-state index contributed by atoms with van der Waals surface area (Å²) in [5.41, 5.74) is 1.34. The molecule has 1 aliphatic carbocycles. The lowest BCUT2D eigenvalue weighted by Gasteiger charge is -2.25. The zero-order valence-corrected chi connectivity index (χ0v) is 12.6. The Morgan fingerprint density at radius 1 is 1.37 bits per heavy atom. The smallest absolute Gasteiger partial charge is 0.0550 e. The van der Waals surface area contributed by atoms with Crippen LogP contribution in [0.2, 0.25) is 0 Å². The average Bonchev–Trinajstić information content (AvgIpc) is 2.86. The van der Waals surface area contributed by atoms with Crippen LogP contribution in [0.1, 0.15) is 70.0 Å². The van der Waals surface area contributed by atoms with Crippen LogP contribution in [0, 0.1) is 5.92 Å². The van der Waals surface area contributed by atoms with E-state index in [1.165, 1.54) is 57.1 Å². The molecule has 0 saturated heterocycles. The third-order valence-corrected chi connectivity index (χ3v) is 4.44. The molecule has 2 rings (SSSR count). The Morgan fingerprint density at radius 3 is 2.79 bits per heavy atom. The minimum absolute atomic E-state index is 0.481. The normalized spacial score (nSPS) is 18.6. The summed E-state index contributed by atoms with van der Waals surface area (Å²) in [7, 11) is 2.05. The second kappa shape index (κ2) is 7.68. The maximum atomic E-state index is 4.32. The molecule has 1 heterocycles. The lowest BCUT2D eigenvalue weighted by Crippen LogP contribution is -2.25. The van der Waals surface area contributed by atoms with Crippen molar-refractivity contribution in [2.75, 3.05) is 6.54 Å². The second-order valence-corrected chi connectivity index (χ2v) is 5.97. The van der Waals surface area contributed by atoms with E-state index in [1.807, 2.05) is 10.9 Å². The van der Waals surface area contributed by atoms with E-state index in [9.17, 15) is 0 Å². The molecule has 1 atom stereocenters. The van der Waals surface area contributed by atoms with E-state index in [-0.39, 0.29) is 0 Å². The van der Waals surface area contributed by atoms with Gasteiger partial charge in [-0.3, -0.25) is 4.68 Å². The number of hydrogen-bond acceptors (Lipinski definition) is 2. The first kappa shape index (κ1) is 14.6. The van der Waals surface area contributed by atoms with Gasteiger partial charge in [0.05, 0.1) is 5.69 Å². The highest BCUT2D eigenvalue weighted by Gasteiger charge is 2.18. The lowest BCUT2D eigenvalue weighted by molar-refractivity contribution is 0.311. The summed E-state index contributed by atoms with van der Waals surface area (Å²) in [6.45, 7) is 3.33. The van der Waals surface area contributed by atoms with Crippen molar-refractivity contribution in [1.29, 1.82) is 0 Å². The molecule has 0 radical (unpaired) electrons. The fourth-order valence-corrected chi connectivity index (χ4v) is 3.28. The third kappa shape index (κ3) is 4.34. The molecule has 1 fully saturated rings. The molecule has 1 saturated carbocycles. The summed E-state index contributed by atoms with van der Waals surface area (Å²) in [6.07, 6.45) is 13.0. The van der Waals surface area contributed by atoms with Crippen molar-refractivity contribution in [2.45, 2.75) is 64.3 Å². The predicted octanol–water partition coefficient (Wildman–Crippen LogP) is 3.82. The molecule has 0 bridgehead atoms. The van der Waals surface area contributed by atoms with Gasteiger partial charge >= 0.3 is 0 Å². The maximum absolute atomic E-state index is 4.32. The molecular weight excluding hydrogens is 234 g/mol. The molecule has 0 spiro atoms. The molecule has 0 aromatic carbocycles. The van der Waals surface area contributed by atoms with Gasteiger partial charge in [0.2, 0.25) is 0 Å². The zero-order chi connectivity index (χ0) is 13.5. The van der Waals surface area contributed by atoms with Crippen molar-refractivity contribution in [2.24, 2.45) is 13.0 Å². The molecule has 1 unspecified atom stereocenters. The van der Waals surface area contributed by atoms with Gasteiger partial charge in [0, 0.05) is 19.3 Å². The lowest BCUT2D eigenvalue weighted by atomic mass is 9.85. The summed E-state index contributed by atoms with van der Waals surface area (Å²) >= 11 is 0. The highest BCUT2D eigenvalue weighted by atomic mass is 15.3. The van der Waals surface area contributed by atoms with E-state index in [2.05, 4.69) is 30.5 Å². The molecule has 1 aromatic heterocycles. The van der Waals surface area contributed by atoms with Crippen LogP contribution in [-0.2, 0) is 7.05 Å². The van der Waals surface area contributed by atoms with Crippen LogP contribution >= 0.6 is 0 Å². The first-order valence-corrected chi connectivity index (χ1v) is 8.02. The first-order chi connectivity index (χ1) is 9.31. The summed E-state index contributed by atoms with van der Waals surface area (Å²) in [6, 6.07) is 2.64. The average molecular weight is 263 g/mol. The Bertz CT molecular complexity index is 353. The Hall–Kier alpha value is -0.830. The topological polar surface area (TPSA) is 29.9 Å². The number of aromatic nitrogens is 2. The first-order valence-electron chi connectivity index (χ1n) is 8.02. The van der Waals surface area contributed by atoms with E-state index in [1.54, 1.807) is 0 Å². The molecule has 1 aromatic rings. The van der Waals surface area contributed by atoms with Crippen molar-refractivity contribution >= 4 is 0 Å². The SMILES string of the molecule is CCCNC(CCC1CCCCC1)c1ccnn1C. The minimum atomic E-state index is 0.481. The van der Waals surface area contributed by atoms with E-state index in [0.29, 0.717) is 6.04 Å². The Kier molecular flexibility index (Phi) is 5.90. The van der Waals surface area contributed by atoms with Gasteiger partial charge in [0.25, 0.3) is 0 Å². The minimum Gasteiger partial charge on any atom is -0.309 e. The standard InChI is InChI=1S/C16H29N3/c1-3-12-17-15(16-11-13-18-19(16)2)10-9-14-7-5-4-6-8-14/h11,13-15,17H,3-10,12H2,1-2H3. The highest BCUT2D eigenvalue weighted by molar-refractivity contribution is 5.06. The van der Waals surface area contributed by atoms with Gasteiger partial charge in [-0.05, 0) is 37.8 Å². The molecule has 0 amide bonds. The fraction of sp³-hybridized carbons (Fsp3) is 0.812. The largest absolute Gasteiger partial charge is 0.309 e. The number of aryl methyl sites for hydroxylation is 1. The third-order valence-electron chi connectivity index (χ3n) is 4.44. The van der Waals surface area contributed by atoms with Crippen molar-refractivity contribution < 1.29 is 0 Å². The monoisotopic (exact) mass is 263 g/mol. The van der Waals surface area contributed by atoms with Gasteiger partial charge in [-0.1, -0.05) is 39.0 Å². The van der Waals surface area contributed by atoms with Crippen LogP contribution in [0.15, 0.2) is 12.3 Å². The molecule has 1 N–H and O–H groups in total. The molecular formula is C16H29N3. The molecule has 1 aliphatic rings. The van der Waals surface area contributed by atoms with Crippen molar-refractivity contribution in [3.8, 4) is 0 Å². The van der Waals surface area contributed by atoms with Crippen LogP contribution < -0.4 is 5.32 Å². The van der Waals surface area contributed by atoms with Crippen molar-refractivity contribution in [1.82, 2.24) is 15.1 Å². The highest BCUT2D eigenvalue weighted by Crippen LogP contribution is 2.30.